The number of hydrogen-bond acceptors (Lipinski definition) is 6. The molecule has 1 aromatic heterocycles. The van der Waals surface area contributed by atoms with Gasteiger partial charge in [0.25, 0.3) is 5.91 Å². The zero-order valence-electron chi connectivity index (χ0n) is 14.8. The van der Waals surface area contributed by atoms with Gasteiger partial charge in [0.15, 0.2) is 0 Å². The summed E-state index contributed by atoms with van der Waals surface area (Å²) in [5.74, 6) is -0.164. The average Bonchev–Trinajstić information content (AvgIpc) is 2.97. The maximum absolute atomic E-state index is 12.6. The quantitative estimate of drug-likeness (QED) is 0.850. The Morgan fingerprint density at radius 1 is 1.04 bits per heavy atom. The third-order valence-electron chi connectivity index (χ3n) is 4.37. The van der Waals surface area contributed by atoms with E-state index in [1.165, 1.54) is 32.3 Å². The number of benzene rings is 1. The molecule has 1 saturated heterocycles. The van der Waals surface area contributed by atoms with E-state index in [9.17, 15) is 9.59 Å². The van der Waals surface area contributed by atoms with Gasteiger partial charge in [0.2, 0.25) is 5.95 Å². The number of carbonyl (C=O) groups is 2. The highest BCUT2D eigenvalue weighted by Gasteiger charge is 2.18. The van der Waals surface area contributed by atoms with Gasteiger partial charge >= 0.3 is 5.97 Å². The summed E-state index contributed by atoms with van der Waals surface area (Å²) in [4.78, 5) is 34.7. The van der Waals surface area contributed by atoms with E-state index in [-0.39, 0.29) is 5.91 Å². The molecule has 0 unspecified atom stereocenters. The molecule has 0 bridgehead atoms. The SMILES string of the molecule is COC(=O)c1ccccc1Nc1ncc(C(=O)N2CCCCCC2)cn1. The number of rotatable bonds is 4. The van der Waals surface area contributed by atoms with Gasteiger partial charge in [-0.2, -0.15) is 0 Å². The lowest BCUT2D eigenvalue weighted by molar-refractivity contribution is 0.0601. The van der Waals surface area contributed by atoms with E-state index < -0.39 is 5.97 Å². The lowest BCUT2D eigenvalue weighted by Crippen LogP contribution is -2.32. The summed E-state index contributed by atoms with van der Waals surface area (Å²) in [7, 11) is 1.33. The second-order valence-electron chi connectivity index (χ2n) is 6.16. The van der Waals surface area contributed by atoms with Gasteiger partial charge in [0.1, 0.15) is 0 Å². The van der Waals surface area contributed by atoms with Gasteiger partial charge in [-0.15, -0.1) is 0 Å². The molecule has 2 heterocycles. The zero-order valence-corrected chi connectivity index (χ0v) is 14.8. The van der Waals surface area contributed by atoms with Crippen molar-refractivity contribution < 1.29 is 14.3 Å². The summed E-state index contributed by atoms with van der Waals surface area (Å²) in [6.45, 7) is 1.57. The van der Waals surface area contributed by atoms with Crippen molar-refractivity contribution in [3.63, 3.8) is 0 Å². The average molecular weight is 354 g/mol. The molecule has 26 heavy (non-hydrogen) atoms. The third-order valence-corrected chi connectivity index (χ3v) is 4.37. The maximum Gasteiger partial charge on any atom is 0.339 e. The Labute approximate surface area is 152 Å². The Morgan fingerprint density at radius 3 is 2.35 bits per heavy atom. The van der Waals surface area contributed by atoms with Crippen molar-refractivity contribution in [2.75, 3.05) is 25.5 Å². The lowest BCUT2D eigenvalue weighted by atomic mass is 10.2. The molecule has 7 nitrogen and oxygen atoms in total. The molecule has 0 radical (unpaired) electrons. The normalized spacial score (nSPS) is 14.4. The van der Waals surface area contributed by atoms with Crippen LogP contribution in [-0.2, 0) is 4.74 Å². The number of anilines is 2. The molecule has 0 spiro atoms. The molecule has 0 aliphatic carbocycles. The molecule has 3 rings (SSSR count). The molecular formula is C19H22N4O3. The van der Waals surface area contributed by atoms with Crippen LogP contribution in [0.3, 0.4) is 0 Å². The minimum atomic E-state index is -0.443. The lowest BCUT2D eigenvalue weighted by Gasteiger charge is -2.20. The number of hydrogen-bond donors (Lipinski definition) is 1. The van der Waals surface area contributed by atoms with Crippen LogP contribution in [0.15, 0.2) is 36.7 Å². The van der Waals surface area contributed by atoms with Crippen molar-refractivity contribution in [1.82, 2.24) is 14.9 Å². The second-order valence-corrected chi connectivity index (χ2v) is 6.16. The number of methoxy groups -OCH3 is 1. The first-order valence-corrected chi connectivity index (χ1v) is 8.74. The molecular weight excluding hydrogens is 332 g/mol. The van der Waals surface area contributed by atoms with Crippen LogP contribution in [0.5, 0.6) is 0 Å². The number of aromatic nitrogens is 2. The number of amides is 1. The topological polar surface area (TPSA) is 84.4 Å². The molecule has 1 fully saturated rings. The summed E-state index contributed by atoms with van der Waals surface area (Å²) in [5.41, 5.74) is 1.41. The highest BCUT2D eigenvalue weighted by molar-refractivity contribution is 5.96. The van der Waals surface area contributed by atoms with Crippen LogP contribution in [0.4, 0.5) is 11.6 Å². The number of likely N-dealkylation sites (tertiary alicyclic amines) is 1. The van der Waals surface area contributed by atoms with Crippen LogP contribution in [0, 0.1) is 0 Å². The second kappa shape index (κ2) is 8.42. The molecule has 1 aromatic carbocycles. The van der Waals surface area contributed by atoms with E-state index in [1.54, 1.807) is 24.3 Å². The summed E-state index contributed by atoms with van der Waals surface area (Å²) in [5, 5.41) is 3.00. The highest BCUT2D eigenvalue weighted by atomic mass is 16.5. The van der Waals surface area contributed by atoms with Gasteiger partial charge in [0, 0.05) is 25.5 Å². The molecule has 1 N–H and O–H groups in total. The van der Waals surface area contributed by atoms with Crippen molar-refractivity contribution >= 4 is 23.5 Å². The molecule has 2 aromatic rings. The van der Waals surface area contributed by atoms with Crippen LogP contribution in [0.25, 0.3) is 0 Å². The van der Waals surface area contributed by atoms with Crippen LogP contribution in [0.1, 0.15) is 46.4 Å². The smallest absolute Gasteiger partial charge is 0.339 e. The van der Waals surface area contributed by atoms with Crippen molar-refractivity contribution in [3.8, 4) is 0 Å². The first kappa shape index (κ1) is 17.8. The first-order valence-electron chi connectivity index (χ1n) is 8.74. The van der Waals surface area contributed by atoms with Gasteiger partial charge in [-0.25, -0.2) is 14.8 Å². The van der Waals surface area contributed by atoms with Gasteiger partial charge in [-0.1, -0.05) is 25.0 Å². The number of para-hydroxylation sites is 1. The van der Waals surface area contributed by atoms with Crippen molar-refractivity contribution in [1.29, 1.82) is 0 Å². The Balaban J connectivity index is 1.72. The number of carbonyl (C=O) groups excluding carboxylic acids is 2. The van der Waals surface area contributed by atoms with Gasteiger partial charge in [-0.05, 0) is 25.0 Å². The van der Waals surface area contributed by atoms with Crippen LogP contribution < -0.4 is 5.32 Å². The van der Waals surface area contributed by atoms with Crippen molar-refractivity contribution in [2.24, 2.45) is 0 Å². The Bertz CT molecular complexity index is 769. The minimum Gasteiger partial charge on any atom is -0.465 e. The van der Waals surface area contributed by atoms with E-state index in [0.29, 0.717) is 22.8 Å². The largest absolute Gasteiger partial charge is 0.465 e. The summed E-state index contributed by atoms with van der Waals surface area (Å²) < 4.78 is 4.77. The molecule has 0 atom stereocenters. The van der Waals surface area contributed by atoms with E-state index in [0.717, 1.165) is 25.9 Å². The van der Waals surface area contributed by atoms with Crippen molar-refractivity contribution in [2.45, 2.75) is 25.7 Å². The fourth-order valence-corrected chi connectivity index (χ4v) is 2.96. The van der Waals surface area contributed by atoms with Gasteiger partial charge in [-0.3, -0.25) is 4.79 Å². The minimum absolute atomic E-state index is 0.0339. The predicted molar refractivity (Wildman–Crippen MR) is 97.5 cm³/mol. The highest BCUT2D eigenvalue weighted by Crippen LogP contribution is 2.19. The maximum atomic E-state index is 12.6. The summed E-state index contributed by atoms with van der Waals surface area (Å²) in [6.07, 6.45) is 7.45. The first-order chi connectivity index (χ1) is 12.7. The van der Waals surface area contributed by atoms with E-state index in [1.807, 2.05) is 4.90 Å². The molecule has 1 amide bonds. The van der Waals surface area contributed by atoms with Gasteiger partial charge in [0.05, 0.1) is 23.9 Å². The fraction of sp³-hybridized carbons (Fsp3) is 0.368. The number of esters is 1. The molecule has 136 valence electrons. The Hall–Kier alpha value is -2.96. The number of nitrogens with one attached hydrogen (secondary N) is 1. The van der Waals surface area contributed by atoms with Gasteiger partial charge < -0.3 is 15.0 Å². The van der Waals surface area contributed by atoms with E-state index >= 15 is 0 Å². The van der Waals surface area contributed by atoms with Crippen LogP contribution in [0.2, 0.25) is 0 Å². The monoisotopic (exact) mass is 354 g/mol. The zero-order chi connectivity index (χ0) is 18.4. The van der Waals surface area contributed by atoms with Crippen LogP contribution >= 0.6 is 0 Å². The Morgan fingerprint density at radius 2 is 1.69 bits per heavy atom. The standard InChI is InChI=1S/C19H22N4O3/c1-26-18(25)15-8-4-5-9-16(15)22-19-20-12-14(13-21-19)17(24)23-10-6-2-3-7-11-23/h4-5,8-9,12-13H,2-3,6-7,10-11H2,1H3,(H,20,21,22). The molecule has 1 aliphatic heterocycles. The summed E-state index contributed by atoms with van der Waals surface area (Å²) in [6, 6.07) is 6.95. The molecule has 1 aliphatic rings. The predicted octanol–water partition coefficient (Wildman–Crippen LogP) is 3.02. The third kappa shape index (κ3) is 4.17. The van der Waals surface area contributed by atoms with Crippen molar-refractivity contribution in [3.05, 3.63) is 47.8 Å². The molecule has 7 heteroatoms. The number of nitrogens with zero attached hydrogens (tertiary/aromatic N) is 3. The fourth-order valence-electron chi connectivity index (χ4n) is 2.96. The Kier molecular flexibility index (Phi) is 5.78. The summed E-state index contributed by atoms with van der Waals surface area (Å²) >= 11 is 0. The van der Waals surface area contributed by atoms with E-state index in [4.69, 9.17) is 4.74 Å². The van der Waals surface area contributed by atoms with Crippen LogP contribution in [-0.4, -0.2) is 46.9 Å². The molecule has 0 saturated carbocycles. The number of ether oxygens (including phenoxy) is 1. The van der Waals surface area contributed by atoms with E-state index in [2.05, 4.69) is 15.3 Å².